The van der Waals surface area contributed by atoms with E-state index in [0.717, 1.165) is 22.4 Å². The number of fused-ring (bicyclic) bond motifs is 1. The van der Waals surface area contributed by atoms with Crippen LogP contribution in [0.25, 0.3) is 10.2 Å². The number of hydrogen-bond acceptors (Lipinski definition) is 4. The molecular weight excluding hydrogens is 452 g/mol. The number of nitrogens with zero attached hydrogens (tertiary/aromatic N) is 1. The largest absolute Gasteiger partial charge is 0.308 e. The van der Waals surface area contributed by atoms with Crippen molar-refractivity contribution in [3.63, 3.8) is 0 Å². The maximum absolute atomic E-state index is 13.1. The monoisotopic (exact) mass is 480 g/mol. The summed E-state index contributed by atoms with van der Waals surface area (Å²) >= 11 is 1.07. The topological polar surface area (TPSA) is 68.2 Å². The molecule has 0 aliphatic rings. The molecule has 1 atom stereocenters. The highest BCUT2D eigenvalue weighted by Gasteiger charge is 2.26. The van der Waals surface area contributed by atoms with Gasteiger partial charge in [0.2, 0.25) is 10.0 Å². The van der Waals surface area contributed by atoms with Crippen molar-refractivity contribution in [2.24, 2.45) is 0 Å². The molecule has 172 valence electrons. The minimum atomic E-state index is -3.72. The lowest BCUT2D eigenvalue weighted by atomic mass is 9.79. The summed E-state index contributed by atoms with van der Waals surface area (Å²) in [5, 5.41) is 0. The first-order chi connectivity index (χ1) is 15.7. The number of aromatic nitrogens is 1. The highest BCUT2D eigenvalue weighted by Crippen LogP contribution is 2.29. The molecule has 3 aromatic carbocycles. The number of hydrogen-bond donors (Lipinski definition) is 1. The van der Waals surface area contributed by atoms with Gasteiger partial charge in [-0.1, -0.05) is 85.8 Å². The van der Waals surface area contributed by atoms with Crippen molar-refractivity contribution < 1.29 is 8.42 Å². The SMILES string of the molecule is CC(CC(C)(C)c1ccccc1)NS(=O)(=O)c1ccc2c(c1)sc(=O)n2Cc1ccccc1. The van der Waals surface area contributed by atoms with Gasteiger partial charge in [0.1, 0.15) is 0 Å². The molecule has 33 heavy (non-hydrogen) atoms. The van der Waals surface area contributed by atoms with Gasteiger partial charge in [-0.2, -0.15) is 0 Å². The summed E-state index contributed by atoms with van der Waals surface area (Å²) in [4.78, 5) is 12.7. The van der Waals surface area contributed by atoms with Gasteiger partial charge in [0.05, 0.1) is 21.7 Å². The van der Waals surface area contributed by atoms with Crippen molar-refractivity contribution in [3.8, 4) is 0 Å². The van der Waals surface area contributed by atoms with Gasteiger partial charge in [-0.15, -0.1) is 0 Å². The van der Waals surface area contributed by atoms with E-state index in [1.54, 1.807) is 22.8 Å². The summed E-state index contributed by atoms with van der Waals surface area (Å²) in [5.74, 6) is 0. The van der Waals surface area contributed by atoms with Gasteiger partial charge in [0.15, 0.2) is 0 Å². The van der Waals surface area contributed by atoms with E-state index in [9.17, 15) is 13.2 Å². The Balaban J connectivity index is 1.54. The average Bonchev–Trinajstić information content (AvgIpc) is 3.08. The zero-order chi connectivity index (χ0) is 23.6. The van der Waals surface area contributed by atoms with Crippen LogP contribution in [-0.4, -0.2) is 19.0 Å². The zero-order valence-electron chi connectivity index (χ0n) is 19.0. The van der Waals surface area contributed by atoms with Crippen LogP contribution < -0.4 is 9.60 Å². The molecule has 0 saturated carbocycles. The maximum atomic E-state index is 13.1. The van der Waals surface area contributed by atoms with Gasteiger partial charge in [0, 0.05) is 6.04 Å². The number of nitrogens with one attached hydrogen (secondary N) is 1. The van der Waals surface area contributed by atoms with E-state index in [4.69, 9.17) is 0 Å². The Labute approximate surface area is 198 Å². The van der Waals surface area contributed by atoms with Crippen molar-refractivity contribution in [2.75, 3.05) is 0 Å². The lowest BCUT2D eigenvalue weighted by Crippen LogP contribution is -2.37. The van der Waals surface area contributed by atoms with E-state index in [0.29, 0.717) is 17.7 Å². The van der Waals surface area contributed by atoms with Crippen LogP contribution in [0.2, 0.25) is 0 Å². The lowest BCUT2D eigenvalue weighted by molar-refractivity contribution is 0.418. The first-order valence-corrected chi connectivity index (χ1v) is 13.2. The van der Waals surface area contributed by atoms with Crippen molar-refractivity contribution >= 4 is 31.6 Å². The fourth-order valence-electron chi connectivity index (χ4n) is 4.28. The van der Waals surface area contributed by atoms with Crippen LogP contribution in [0.1, 0.15) is 38.3 Å². The van der Waals surface area contributed by atoms with E-state index in [1.807, 2.05) is 55.5 Å². The summed E-state index contributed by atoms with van der Waals surface area (Å²) in [6.07, 6.45) is 0.652. The Morgan fingerprint density at radius 1 is 0.970 bits per heavy atom. The number of benzene rings is 3. The fraction of sp³-hybridized carbons (Fsp3) is 0.269. The van der Waals surface area contributed by atoms with Gasteiger partial charge >= 0.3 is 4.87 Å². The molecule has 1 heterocycles. The molecule has 0 saturated heterocycles. The van der Waals surface area contributed by atoms with Crippen LogP contribution in [0, 0.1) is 0 Å². The lowest BCUT2D eigenvalue weighted by Gasteiger charge is -2.29. The van der Waals surface area contributed by atoms with Gasteiger partial charge in [-0.3, -0.25) is 9.36 Å². The highest BCUT2D eigenvalue weighted by molar-refractivity contribution is 7.89. The molecule has 0 bridgehead atoms. The molecule has 4 aromatic rings. The standard InChI is InChI=1S/C26H28N2O3S2/c1-19(17-26(2,3)21-12-8-5-9-13-21)27-33(30,31)22-14-15-23-24(16-22)32-25(29)28(23)18-20-10-6-4-7-11-20/h4-16,19,27H,17-18H2,1-3H3. The van der Waals surface area contributed by atoms with E-state index < -0.39 is 10.0 Å². The third kappa shape index (κ3) is 5.27. The normalized spacial score (nSPS) is 13.3. The van der Waals surface area contributed by atoms with Crippen LogP contribution in [0.3, 0.4) is 0 Å². The van der Waals surface area contributed by atoms with Gasteiger partial charge < -0.3 is 0 Å². The minimum absolute atomic E-state index is 0.102. The quantitative estimate of drug-likeness (QED) is 0.379. The van der Waals surface area contributed by atoms with Crippen LogP contribution in [0.4, 0.5) is 0 Å². The Hall–Kier alpha value is -2.74. The summed E-state index contributed by atoms with van der Waals surface area (Å²) in [6.45, 7) is 6.57. The molecule has 4 rings (SSSR count). The van der Waals surface area contributed by atoms with Gasteiger partial charge in [-0.05, 0) is 48.1 Å². The molecule has 7 heteroatoms. The summed E-state index contributed by atoms with van der Waals surface area (Å²) < 4.78 is 31.4. The molecule has 0 aliphatic carbocycles. The Kier molecular flexibility index (Phi) is 6.56. The molecule has 0 radical (unpaired) electrons. The molecule has 1 aromatic heterocycles. The molecule has 1 N–H and O–H groups in total. The second-order valence-electron chi connectivity index (χ2n) is 9.05. The van der Waals surface area contributed by atoms with Gasteiger partial charge in [0.25, 0.3) is 0 Å². The first kappa shape index (κ1) is 23.4. The highest BCUT2D eigenvalue weighted by atomic mass is 32.2. The van der Waals surface area contributed by atoms with E-state index >= 15 is 0 Å². The average molecular weight is 481 g/mol. The van der Waals surface area contributed by atoms with Crippen molar-refractivity contribution in [1.82, 2.24) is 9.29 Å². The van der Waals surface area contributed by atoms with E-state index in [1.165, 1.54) is 5.56 Å². The molecule has 0 spiro atoms. The molecule has 5 nitrogen and oxygen atoms in total. The van der Waals surface area contributed by atoms with Crippen molar-refractivity contribution in [1.29, 1.82) is 0 Å². The summed E-state index contributed by atoms with van der Waals surface area (Å²) in [6, 6.07) is 24.5. The zero-order valence-corrected chi connectivity index (χ0v) is 20.6. The van der Waals surface area contributed by atoms with Crippen LogP contribution in [0.15, 0.2) is 88.6 Å². The number of rotatable bonds is 8. The molecular formula is C26H28N2O3S2. The Morgan fingerprint density at radius 2 is 1.61 bits per heavy atom. The second-order valence-corrected chi connectivity index (χ2v) is 11.8. The Bertz CT molecular complexity index is 1410. The first-order valence-electron chi connectivity index (χ1n) is 10.9. The minimum Gasteiger partial charge on any atom is -0.294 e. The molecule has 0 aliphatic heterocycles. The third-order valence-corrected chi connectivity index (χ3v) is 8.39. The van der Waals surface area contributed by atoms with E-state index in [-0.39, 0.29) is 21.2 Å². The van der Waals surface area contributed by atoms with Crippen LogP contribution >= 0.6 is 11.3 Å². The van der Waals surface area contributed by atoms with Crippen LogP contribution in [0.5, 0.6) is 0 Å². The Morgan fingerprint density at radius 3 is 2.27 bits per heavy atom. The van der Waals surface area contributed by atoms with Crippen molar-refractivity contribution in [2.45, 2.75) is 50.1 Å². The fourth-order valence-corrected chi connectivity index (χ4v) is 6.55. The third-order valence-electron chi connectivity index (χ3n) is 5.86. The number of thiazole rings is 1. The van der Waals surface area contributed by atoms with Crippen LogP contribution in [-0.2, 0) is 22.0 Å². The smallest absolute Gasteiger partial charge is 0.294 e. The number of sulfonamides is 1. The second kappa shape index (κ2) is 9.25. The van der Waals surface area contributed by atoms with Gasteiger partial charge in [-0.25, -0.2) is 13.1 Å². The molecule has 0 amide bonds. The summed E-state index contributed by atoms with van der Waals surface area (Å²) in [5.41, 5.74) is 2.75. The molecule has 1 unspecified atom stereocenters. The predicted molar refractivity (Wildman–Crippen MR) is 135 cm³/mol. The molecule has 0 fully saturated rings. The maximum Gasteiger partial charge on any atom is 0.308 e. The predicted octanol–water partition coefficient (Wildman–Crippen LogP) is 5.15. The van der Waals surface area contributed by atoms with Crippen molar-refractivity contribution in [3.05, 3.63) is 99.7 Å². The summed E-state index contributed by atoms with van der Waals surface area (Å²) in [7, 11) is -3.72. The van der Waals surface area contributed by atoms with E-state index in [2.05, 4.69) is 30.7 Å².